The molecular formula is C71H67BN2S2. The molecule has 0 spiro atoms. The smallest absolute Gasteiger partial charge is 0.333 e. The lowest BCUT2D eigenvalue weighted by Gasteiger charge is -2.43. The molecule has 3 aromatic heterocycles. The number of fused-ring (bicyclic) bond motifs is 21. The molecule has 0 bridgehead atoms. The van der Waals surface area contributed by atoms with Crippen LogP contribution < -0.4 is 15.7 Å². The summed E-state index contributed by atoms with van der Waals surface area (Å²) in [4.78, 5) is 2.82. The van der Waals surface area contributed by atoms with Crippen LogP contribution in [0.15, 0.2) is 121 Å². The van der Waals surface area contributed by atoms with Crippen molar-refractivity contribution < 1.29 is 0 Å². The maximum atomic E-state index is 2.82. The van der Waals surface area contributed by atoms with Crippen molar-refractivity contribution in [2.45, 2.75) is 148 Å². The highest BCUT2D eigenvalue weighted by Crippen LogP contribution is 2.60. The highest BCUT2D eigenvalue weighted by Gasteiger charge is 2.49. The molecule has 8 aromatic carbocycles. The van der Waals surface area contributed by atoms with Crippen molar-refractivity contribution in [1.82, 2.24) is 4.57 Å². The first-order chi connectivity index (χ1) is 36.0. The number of hydrogen-bond donors (Lipinski definition) is 0. The van der Waals surface area contributed by atoms with E-state index in [2.05, 4.69) is 221 Å². The van der Waals surface area contributed by atoms with Gasteiger partial charge in [-0.2, -0.15) is 0 Å². The van der Waals surface area contributed by atoms with E-state index in [4.69, 9.17) is 0 Å². The summed E-state index contributed by atoms with van der Waals surface area (Å²) in [6.07, 6.45) is 4.76. The molecule has 3 aliphatic carbocycles. The lowest BCUT2D eigenvalue weighted by molar-refractivity contribution is 0.331. The van der Waals surface area contributed by atoms with E-state index in [1.807, 2.05) is 22.7 Å². The highest BCUT2D eigenvalue weighted by atomic mass is 32.1. The van der Waals surface area contributed by atoms with Crippen LogP contribution >= 0.6 is 22.7 Å². The summed E-state index contributed by atoms with van der Waals surface area (Å²) in [5, 5.41) is 8.31. The number of nitrogens with zero attached hydrogens (tertiary/aromatic N) is 2. The minimum atomic E-state index is -0.205. The zero-order chi connectivity index (χ0) is 52.3. The Balaban J connectivity index is 1.12. The minimum absolute atomic E-state index is 0.0229. The zero-order valence-electron chi connectivity index (χ0n) is 46.7. The third-order valence-electron chi connectivity index (χ3n) is 20.4. The molecule has 2 nitrogen and oxygen atoms in total. The van der Waals surface area contributed by atoms with Crippen LogP contribution in [0.5, 0.6) is 0 Å². The van der Waals surface area contributed by atoms with Gasteiger partial charge in [-0.25, -0.2) is 0 Å². The number of hydrogen-bond acceptors (Lipinski definition) is 3. The average molecular weight is 1020 g/mol. The van der Waals surface area contributed by atoms with Gasteiger partial charge in [-0.3, -0.25) is 0 Å². The molecule has 0 amide bonds. The van der Waals surface area contributed by atoms with Crippen LogP contribution in [-0.2, 0) is 32.5 Å². The van der Waals surface area contributed by atoms with E-state index in [1.54, 1.807) is 5.56 Å². The second kappa shape index (κ2) is 14.3. The van der Waals surface area contributed by atoms with Gasteiger partial charge in [0.25, 0.3) is 0 Å². The van der Waals surface area contributed by atoms with Crippen LogP contribution in [-0.4, -0.2) is 11.4 Å². The number of benzene rings is 8. The van der Waals surface area contributed by atoms with Crippen LogP contribution in [0.25, 0.3) is 90.1 Å². The molecule has 0 atom stereocenters. The van der Waals surface area contributed by atoms with E-state index in [1.165, 1.54) is 171 Å². The number of thiophene rings is 2. The van der Waals surface area contributed by atoms with Crippen molar-refractivity contribution >= 4 is 114 Å². The van der Waals surface area contributed by atoms with Crippen molar-refractivity contribution in [2.24, 2.45) is 0 Å². The van der Waals surface area contributed by atoms with E-state index in [0.717, 1.165) is 0 Å². The first-order valence-electron chi connectivity index (χ1n) is 28.3. The quantitative estimate of drug-likeness (QED) is 0.149. The van der Waals surface area contributed by atoms with Gasteiger partial charge in [-0.05, 0) is 186 Å². The van der Waals surface area contributed by atoms with Crippen molar-refractivity contribution in [3.63, 3.8) is 0 Å². The van der Waals surface area contributed by atoms with Crippen molar-refractivity contribution in [3.8, 4) is 27.9 Å². The van der Waals surface area contributed by atoms with Gasteiger partial charge in [0.05, 0.1) is 11.0 Å². The summed E-state index contributed by atoms with van der Waals surface area (Å²) in [7, 11) is 0. The van der Waals surface area contributed by atoms with Crippen LogP contribution in [0, 0.1) is 0 Å². The first-order valence-corrected chi connectivity index (χ1v) is 29.9. The molecule has 0 radical (unpaired) electrons. The van der Waals surface area contributed by atoms with Gasteiger partial charge in [0.1, 0.15) is 0 Å². The van der Waals surface area contributed by atoms with Crippen molar-refractivity contribution in [3.05, 3.63) is 160 Å². The molecule has 5 heteroatoms. The minimum Gasteiger partial charge on any atom is -0.376 e. The third-order valence-corrected chi connectivity index (χ3v) is 22.8. The van der Waals surface area contributed by atoms with Crippen LogP contribution in [0.4, 0.5) is 11.4 Å². The fourth-order valence-corrected chi connectivity index (χ4v) is 18.1. The summed E-state index contributed by atoms with van der Waals surface area (Å²) in [5.74, 6) is 0. The Morgan fingerprint density at radius 3 is 1.72 bits per heavy atom. The Kier molecular flexibility index (Phi) is 8.66. The molecule has 76 heavy (non-hydrogen) atoms. The second-order valence-electron chi connectivity index (χ2n) is 28.2. The van der Waals surface area contributed by atoms with Gasteiger partial charge in [0.15, 0.2) is 0 Å². The highest BCUT2D eigenvalue weighted by molar-refractivity contribution is 7.27. The van der Waals surface area contributed by atoms with Crippen LogP contribution in [0.2, 0.25) is 0 Å². The van der Waals surface area contributed by atoms with Gasteiger partial charge < -0.3 is 9.38 Å². The lowest BCUT2D eigenvalue weighted by Crippen LogP contribution is -2.60. The molecular weight excluding hydrogens is 956 g/mol. The van der Waals surface area contributed by atoms with Gasteiger partial charge in [0.2, 0.25) is 0 Å². The standard InChI is InChI=1S/C71H67BN2S2/c1-66(2,3)38-22-24-39(25-23-38)74-55-35-48-42(43-31-49-51(34-47(43)71(48,12)13)69(8,9)28-26-67(49,4)5)30-45(55)60-61-41-19-15-17-21-58(41)76-65(61)62-46-32-50-52(70(10,11)29-27-68(50,6)7)36-54(46)73-56-33-44-40-18-14-16-20-57(40)75-59(44)37-53(56)72(74)63(60)64(62)73/h14-25,30-37H,26-29H2,1-13H3. The molecule has 5 heterocycles. The monoisotopic (exact) mass is 1020 g/mol. The normalized spacial score (nSPS) is 18.9. The SMILES string of the molecule is CC(C)(C)c1ccc(N2B3c4cc5sc6ccccc6c5cc4-n4c5cc6c(cc5c5c7sc8ccccc8c7c(c3c54)-c3cc4c(cc32)C(C)(C)c2cc3c(cc2-4)C(C)(C)CCC3(C)C)C(C)(C)CCC6(C)C)cc1. The van der Waals surface area contributed by atoms with Crippen LogP contribution in [0.1, 0.15) is 155 Å². The van der Waals surface area contributed by atoms with E-state index in [9.17, 15) is 0 Å². The number of anilines is 2. The van der Waals surface area contributed by atoms with Crippen LogP contribution in [0.3, 0.4) is 0 Å². The molecule has 0 unspecified atom stereocenters. The number of aromatic nitrogens is 1. The summed E-state index contributed by atoms with van der Waals surface area (Å²) in [5.41, 5.74) is 25.6. The summed E-state index contributed by atoms with van der Waals surface area (Å²) in [6.45, 7) is 31.9. The Morgan fingerprint density at radius 2 is 1.05 bits per heavy atom. The van der Waals surface area contributed by atoms with Gasteiger partial charge in [0, 0.05) is 79.2 Å². The molecule has 2 aliphatic heterocycles. The maximum Gasteiger partial charge on any atom is 0.333 e. The van der Waals surface area contributed by atoms with Crippen molar-refractivity contribution in [2.75, 3.05) is 4.81 Å². The first kappa shape index (κ1) is 46.0. The third kappa shape index (κ3) is 5.74. The molecule has 0 fully saturated rings. The Bertz CT molecular complexity index is 4480. The number of rotatable bonds is 1. The predicted molar refractivity (Wildman–Crippen MR) is 332 cm³/mol. The van der Waals surface area contributed by atoms with Gasteiger partial charge >= 0.3 is 6.85 Å². The van der Waals surface area contributed by atoms with E-state index >= 15 is 0 Å². The van der Waals surface area contributed by atoms with Crippen molar-refractivity contribution in [1.29, 1.82) is 0 Å². The summed E-state index contributed by atoms with van der Waals surface area (Å²) >= 11 is 3.97. The lowest BCUT2D eigenvalue weighted by atomic mass is 9.43. The molecule has 16 rings (SSSR count). The molecule has 5 aliphatic rings. The summed E-state index contributed by atoms with van der Waals surface area (Å²) < 4.78 is 8.27. The Labute approximate surface area is 456 Å². The molecule has 11 aromatic rings. The zero-order valence-corrected chi connectivity index (χ0v) is 48.3. The Morgan fingerprint density at radius 1 is 0.474 bits per heavy atom. The second-order valence-corrected chi connectivity index (χ2v) is 30.3. The maximum absolute atomic E-state index is 2.82. The van der Waals surface area contributed by atoms with E-state index in [-0.39, 0.29) is 39.3 Å². The van der Waals surface area contributed by atoms with E-state index in [0.29, 0.717) is 0 Å². The topological polar surface area (TPSA) is 8.17 Å². The molecule has 0 N–H and O–H groups in total. The van der Waals surface area contributed by atoms with E-state index < -0.39 is 0 Å². The Hall–Kier alpha value is -6.14. The van der Waals surface area contributed by atoms with Gasteiger partial charge in [-0.15, -0.1) is 22.7 Å². The largest absolute Gasteiger partial charge is 0.376 e. The molecule has 376 valence electrons. The predicted octanol–water partition coefficient (Wildman–Crippen LogP) is 19.1. The fourth-order valence-electron chi connectivity index (χ4n) is 15.7. The van der Waals surface area contributed by atoms with Gasteiger partial charge in [-0.1, -0.05) is 145 Å². The summed E-state index contributed by atoms with van der Waals surface area (Å²) in [6, 6.07) is 49.5. The molecule has 0 saturated carbocycles. The molecule has 0 saturated heterocycles. The average Bonchev–Trinajstić information content (AvgIpc) is 4.06. The fraction of sp³-hybridized carbons (Fsp3) is 0.324.